The van der Waals surface area contributed by atoms with Gasteiger partial charge in [0.1, 0.15) is 5.82 Å². The van der Waals surface area contributed by atoms with Crippen molar-refractivity contribution in [3.8, 4) is 0 Å². The Morgan fingerprint density at radius 2 is 2.25 bits per heavy atom. The molecule has 2 unspecified atom stereocenters. The van der Waals surface area contributed by atoms with Crippen LogP contribution in [-0.4, -0.2) is 26.3 Å². The van der Waals surface area contributed by atoms with E-state index in [1.54, 1.807) is 12.1 Å². The van der Waals surface area contributed by atoms with Crippen LogP contribution in [0.2, 0.25) is 0 Å². The third kappa shape index (κ3) is 4.88. The molecule has 1 aromatic carbocycles. The molecule has 1 heterocycles. The fourth-order valence-corrected chi connectivity index (χ4v) is 3.05. The first-order valence-electron chi connectivity index (χ1n) is 7.79. The molecule has 2 nitrogen and oxygen atoms in total. The van der Waals surface area contributed by atoms with Crippen LogP contribution in [0.1, 0.15) is 37.7 Å². The lowest BCUT2D eigenvalue weighted by Crippen LogP contribution is -2.21. The molecule has 0 spiro atoms. The van der Waals surface area contributed by atoms with Crippen LogP contribution in [0.5, 0.6) is 0 Å². The summed E-state index contributed by atoms with van der Waals surface area (Å²) in [6, 6.07) is 7.13. The molecule has 1 aromatic rings. The van der Waals surface area contributed by atoms with Crippen molar-refractivity contribution in [1.82, 2.24) is 5.32 Å². The first-order valence-corrected chi connectivity index (χ1v) is 7.79. The van der Waals surface area contributed by atoms with E-state index in [2.05, 4.69) is 5.32 Å². The zero-order chi connectivity index (χ0) is 14.2. The Hall–Kier alpha value is -0.930. The van der Waals surface area contributed by atoms with Gasteiger partial charge in [0.25, 0.3) is 0 Å². The van der Waals surface area contributed by atoms with Crippen molar-refractivity contribution in [2.24, 2.45) is 5.92 Å². The Balaban J connectivity index is 1.78. The van der Waals surface area contributed by atoms with E-state index in [9.17, 15) is 4.39 Å². The maximum Gasteiger partial charge on any atom is 0.126 e. The summed E-state index contributed by atoms with van der Waals surface area (Å²) in [6.45, 7) is 1.87. The normalized spacial score (nSPS) is 20.2. The molecule has 2 atom stereocenters. The summed E-state index contributed by atoms with van der Waals surface area (Å²) in [5.41, 5.74) is 0.838. The quantitative estimate of drug-likeness (QED) is 0.785. The van der Waals surface area contributed by atoms with Crippen molar-refractivity contribution < 1.29 is 9.13 Å². The van der Waals surface area contributed by atoms with Crippen LogP contribution in [0.4, 0.5) is 4.39 Å². The molecular weight excluding hydrogens is 253 g/mol. The number of hydrogen-bond donors (Lipinski definition) is 1. The van der Waals surface area contributed by atoms with Crippen molar-refractivity contribution in [2.75, 3.05) is 20.2 Å². The first-order chi connectivity index (χ1) is 9.79. The number of halogens is 1. The van der Waals surface area contributed by atoms with E-state index in [1.807, 2.05) is 19.2 Å². The van der Waals surface area contributed by atoms with Crippen LogP contribution in [0.3, 0.4) is 0 Å². The summed E-state index contributed by atoms with van der Waals surface area (Å²) >= 11 is 0. The second-order valence-electron chi connectivity index (χ2n) is 5.79. The Kier molecular flexibility index (Phi) is 6.48. The average Bonchev–Trinajstić information content (AvgIpc) is 2.95. The monoisotopic (exact) mass is 279 g/mol. The summed E-state index contributed by atoms with van der Waals surface area (Å²) in [5.74, 6) is 0.422. The summed E-state index contributed by atoms with van der Waals surface area (Å²) in [6.07, 6.45) is 7.17. The number of benzene rings is 1. The van der Waals surface area contributed by atoms with Crippen LogP contribution in [-0.2, 0) is 11.2 Å². The zero-order valence-electron chi connectivity index (χ0n) is 12.4. The number of ether oxygens (including phenoxy) is 1. The highest BCUT2D eigenvalue weighted by Crippen LogP contribution is 2.21. The maximum absolute atomic E-state index is 13.7. The van der Waals surface area contributed by atoms with Crippen molar-refractivity contribution >= 4 is 0 Å². The fourth-order valence-electron chi connectivity index (χ4n) is 3.05. The van der Waals surface area contributed by atoms with Crippen LogP contribution in [0.25, 0.3) is 0 Å². The number of rotatable bonds is 8. The predicted octanol–water partition coefficient (Wildman–Crippen LogP) is 3.55. The SMILES string of the molecule is CNCC(CCCC1CCCO1)Cc1ccccc1F. The van der Waals surface area contributed by atoms with Gasteiger partial charge in [0, 0.05) is 6.61 Å². The maximum atomic E-state index is 13.7. The van der Waals surface area contributed by atoms with Gasteiger partial charge in [-0.1, -0.05) is 24.6 Å². The van der Waals surface area contributed by atoms with Crippen LogP contribution in [0, 0.1) is 11.7 Å². The number of nitrogens with one attached hydrogen (secondary N) is 1. The van der Waals surface area contributed by atoms with Gasteiger partial charge in [-0.2, -0.15) is 0 Å². The Bertz CT molecular complexity index is 390. The molecule has 0 aromatic heterocycles. The van der Waals surface area contributed by atoms with Gasteiger partial charge >= 0.3 is 0 Å². The third-order valence-electron chi connectivity index (χ3n) is 4.12. The number of hydrogen-bond acceptors (Lipinski definition) is 2. The molecule has 1 aliphatic heterocycles. The molecule has 1 aliphatic rings. The lowest BCUT2D eigenvalue weighted by atomic mass is 9.93. The van der Waals surface area contributed by atoms with E-state index in [-0.39, 0.29) is 5.82 Å². The van der Waals surface area contributed by atoms with Crippen molar-refractivity contribution in [1.29, 1.82) is 0 Å². The van der Waals surface area contributed by atoms with E-state index in [0.29, 0.717) is 12.0 Å². The molecule has 0 amide bonds. The third-order valence-corrected chi connectivity index (χ3v) is 4.12. The van der Waals surface area contributed by atoms with Crippen LogP contribution in [0.15, 0.2) is 24.3 Å². The molecule has 112 valence electrons. The lowest BCUT2D eigenvalue weighted by Gasteiger charge is -2.18. The highest BCUT2D eigenvalue weighted by Gasteiger charge is 2.17. The average molecular weight is 279 g/mol. The molecule has 3 heteroatoms. The second kappa shape index (κ2) is 8.38. The van der Waals surface area contributed by atoms with E-state index in [0.717, 1.165) is 38.0 Å². The van der Waals surface area contributed by atoms with Gasteiger partial charge in [-0.3, -0.25) is 0 Å². The summed E-state index contributed by atoms with van der Waals surface area (Å²) in [7, 11) is 1.97. The van der Waals surface area contributed by atoms with Gasteiger partial charge in [0.05, 0.1) is 6.10 Å². The smallest absolute Gasteiger partial charge is 0.126 e. The van der Waals surface area contributed by atoms with Gasteiger partial charge in [0.2, 0.25) is 0 Å². The standard InChI is InChI=1S/C17H26FNO/c1-19-13-14(6-4-8-16-9-5-11-20-16)12-15-7-2-3-10-17(15)18/h2-3,7,10,14,16,19H,4-6,8-9,11-13H2,1H3. The Morgan fingerprint density at radius 1 is 1.40 bits per heavy atom. The predicted molar refractivity (Wildman–Crippen MR) is 80.3 cm³/mol. The molecule has 1 fully saturated rings. The zero-order valence-corrected chi connectivity index (χ0v) is 12.4. The van der Waals surface area contributed by atoms with Crippen molar-refractivity contribution in [3.05, 3.63) is 35.6 Å². The van der Waals surface area contributed by atoms with Crippen molar-refractivity contribution in [2.45, 2.75) is 44.6 Å². The molecule has 2 rings (SSSR count). The molecule has 1 saturated heterocycles. The van der Waals surface area contributed by atoms with E-state index >= 15 is 0 Å². The van der Waals surface area contributed by atoms with Crippen molar-refractivity contribution in [3.63, 3.8) is 0 Å². The minimum atomic E-state index is -0.0762. The van der Waals surface area contributed by atoms with E-state index in [4.69, 9.17) is 4.74 Å². The van der Waals surface area contributed by atoms with E-state index in [1.165, 1.54) is 19.3 Å². The Morgan fingerprint density at radius 3 is 2.95 bits per heavy atom. The largest absolute Gasteiger partial charge is 0.378 e. The molecule has 0 aliphatic carbocycles. The first kappa shape index (κ1) is 15.5. The van der Waals surface area contributed by atoms with Gasteiger partial charge in [-0.25, -0.2) is 4.39 Å². The summed E-state index contributed by atoms with van der Waals surface area (Å²) in [4.78, 5) is 0. The molecule has 20 heavy (non-hydrogen) atoms. The topological polar surface area (TPSA) is 21.3 Å². The molecular formula is C17H26FNO. The van der Waals surface area contributed by atoms with E-state index < -0.39 is 0 Å². The van der Waals surface area contributed by atoms with Gasteiger partial charge < -0.3 is 10.1 Å². The highest BCUT2D eigenvalue weighted by atomic mass is 19.1. The van der Waals surface area contributed by atoms with Crippen LogP contribution >= 0.6 is 0 Å². The highest BCUT2D eigenvalue weighted by molar-refractivity contribution is 5.17. The fraction of sp³-hybridized carbons (Fsp3) is 0.647. The lowest BCUT2D eigenvalue weighted by molar-refractivity contribution is 0.101. The summed E-state index contributed by atoms with van der Waals surface area (Å²) in [5, 5.41) is 3.23. The van der Waals surface area contributed by atoms with Gasteiger partial charge in [0.15, 0.2) is 0 Å². The summed E-state index contributed by atoms with van der Waals surface area (Å²) < 4.78 is 19.4. The van der Waals surface area contributed by atoms with Gasteiger partial charge in [-0.05, 0) is 63.2 Å². The molecule has 0 bridgehead atoms. The minimum absolute atomic E-state index is 0.0762. The molecule has 1 N–H and O–H groups in total. The minimum Gasteiger partial charge on any atom is -0.378 e. The molecule has 0 saturated carbocycles. The Labute approximate surface area is 121 Å². The van der Waals surface area contributed by atoms with Crippen LogP contribution < -0.4 is 5.32 Å². The van der Waals surface area contributed by atoms with Gasteiger partial charge in [-0.15, -0.1) is 0 Å². The second-order valence-corrected chi connectivity index (χ2v) is 5.79. The molecule has 0 radical (unpaired) electrons.